The Hall–Kier alpha value is -1.26. The number of halogens is 3. The molecule has 0 bridgehead atoms. The fourth-order valence-corrected chi connectivity index (χ4v) is 2.51. The lowest BCUT2D eigenvalue weighted by molar-refractivity contribution is 0.480. The van der Waals surface area contributed by atoms with Crippen LogP contribution >= 0.6 is 15.9 Å². The van der Waals surface area contributed by atoms with Crippen molar-refractivity contribution in [3.63, 3.8) is 0 Å². The molecule has 2 rings (SSSR count). The van der Waals surface area contributed by atoms with Gasteiger partial charge >= 0.3 is 0 Å². The highest BCUT2D eigenvalue weighted by molar-refractivity contribution is 9.10. The molecule has 112 valence electrons. The summed E-state index contributed by atoms with van der Waals surface area (Å²) in [6.45, 7) is 2.21. The molecule has 2 aromatic carbocycles. The summed E-state index contributed by atoms with van der Waals surface area (Å²) in [5.74, 6) is -1.05. The molecular weight excluding hydrogens is 336 g/mol. The summed E-state index contributed by atoms with van der Waals surface area (Å²) in [6, 6.07) is 13.0. The quantitative estimate of drug-likeness (QED) is 0.732. The maximum Gasteiger partial charge on any atom is 0.144 e. The molecule has 0 aliphatic heterocycles. The molecule has 1 nitrogen and oxygen atoms in total. The predicted octanol–water partition coefficient (Wildman–Crippen LogP) is 4.84. The normalized spacial score (nSPS) is 12.4. The third-order valence-electron chi connectivity index (χ3n) is 3.48. The van der Waals surface area contributed by atoms with E-state index in [9.17, 15) is 8.78 Å². The summed E-state index contributed by atoms with van der Waals surface area (Å²) in [4.78, 5) is 0. The fraction of sp³-hybridized carbons (Fsp3) is 0.294. The molecule has 0 saturated carbocycles. The highest BCUT2D eigenvalue weighted by atomic mass is 79.9. The van der Waals surface area contributed by atoms with Crippen molar-refractivity contribution >= 4 is 15.9 Å². The van der Waals surface area contributed by atoms with Crippen LogP contribution in [-0.4, -0.2) is 6.04 Å². The van der Waals surface area contributed by atoms with Crippen LogP contribution < -0.4 is 5.32 Å². The molecule has 0 aromatic heterocycles. The van der Waals surface area contributed by atoms with Gasteiger partial charge in [-0.25, -0.2) is 8.78 Å². The van der Waals surface area contributed by atoms with Gasteiger partial charge in [-0.15, -0.1) is 0 Å². The zero-order chi connectivity index (χ0) is 15.2. The van der Waals surface area contributed by atoms with E-state index in [4.69, 9.17) is 0 Å². The Morgan fingerprint density at radius 3 is 2.52 bits per heavy atom. The molecule has 1 unspecified atom stereocenters. The van der Waals surface area contributed by atoms with Crippen molar-refractivity contribution in [2.45, 2.75) is 32.4 Å². The van der Waals surface area contributed by atoms with Gasteiger partial charge in [-0.05, 0) is 53.4 Å². The monoisotopic (exact) mass is 353 g/mol. The van der Waals surface area contributed by atoms with Crippen molar-refractivity contribution < 1.29 is 8.78 Å². The Morgan fingerprint density at radius 1 is 1.10 bits per heavy atom. The van der Waals surface area contributed by atoms with Crippen molar-refractivity contribution in [3.8, 4) is 0 Å². The van der Waals surface area contributed by atoms with Crippen molar-refractivity contribution in [1.82, 2.24) is 5.32 Å². The first kappa shape index (κ1) is 16.1. The van der Waals surface area contributed by atoms with Gasteiger partial charge < -0.3 is 5.32 Å². The maximum absolute atomic E-state index is 13.8. The standard InChI is InChI=1S/C17H18BrF2N/c1-12(7-8-13-5-3-2-4-6-13)21-11-14-16(19)10-9-15(18)17(14)20/h2-6,9-10,12,21H,7-8,11H2,1H3. The maximum atomic E-state index is 13.8. The Balaban J connectivity index is 1.87. The molecule has 2 aromatic rings. The lowest BCUT2D eigenvalue weighted by atomic mass is 10.1. The number of aryl methyl sites for hydroxylation is 1. The molecule has 0 saturated heterocycles. The highest BCUT2D eigenvalue weighted by Crippen LogP contribution is 2.21. The lowest BCUT2D eigenvalue weighted by Crippen LogP contribution is -2.27. The predicted molar refractivity (Wildman–Crippen MR) is 85.1 cm³/mol. The van der Waals surface area contributed by atoms with Gasteiger partial charge in [0.2, 0.25) is 0 Å². The van der Waals surface area contributed by atoms with Crippen LogP contribution in [0.15, 0.2) is 46.9 Å². The first-order chi connectivity index (χ1) is 10.1. The molecule has 1 atom stereocenters. The summed E-state index contributed by atoms with van der Waals surface area (Å²) in [5, 5.41) is 3.18. The largest absolute Gasteiger partial charge is 0.310 e. The van der Waals surface area contributed by atoms with Crippen LogP contribution in [0, 0.1) is 11.6 Å². The third kappa shape index (κ3) is 4.61. The van der Waals surface area contributed by atoms with Crippen LogP contribution in [-0.2, 0) is 13.0 Å². The molecule has 4 heteroatoms. The van der Waals surface area contributed by atoms with E-state index < -0.39 is 11.6 Å². The molecule has 0 aliphatic rings. The molecule has 21 heavy (non-hydrogen) atoms. The van der Waals surface area contributed by atoms with E-state index in [2.05, 4.69) is 33.4 Å². The van der Waals surface area contributed by atoms with Crippen molar-refractivity contribution in [1.29, 1.82) is 0 Å². The van der Waals surface area contributed by atoms with Crippen LogP contribution in [0.1, 0.15) is 24.5 Å². The van der Waals surface area contributed by atoms with E-state index in [1.54, 1.807) is 0 Å². The van der Waals surface area contributed by atoms with E-state index in [-0.39, 0.29) is 22.6 Å². The average molecular weight is 354 g/mol. The van der Waals surface area contributed by atoms with Crippen LogP contribution in [0.4, 0.5) is 8.78 Å². The Bertz CT molecular complexity index is 587. The zero-order valence-electron chi connectivity index (χ0n) is 11.9. The zero-order valence-corrected chi connectivity index (χ0v) is 13.5. The third-order valence-corrected chi connectivity index (χ3v) is 4.09. The van der Waals surface area contributed by atoms with Gasteiger partial charge in [0, 0.05) is 18.2 Å². The topological polar surface area (TPSA) is 12.0 Å². The average Bonchev–Trinajstić information content (AvgIpc) is 2.50. The molecule has 0 aliphatic carbocycles. The highest BCUT2D eigenvalue weighted by Gasteiger charge is 2.13. The van der Waals surface area contributed by atoms with Gasteiger partial charge in [-0.2, -0.15) is 0 Å². The van der Waals surface area contributed by atoms with E-state index in [1.165, 1.54) is 17.7 Å². The second-order valence-electron chi connectivity index (χ2n) is 5.13. The molecule has 0 spiro atoms. The number of benzene rings is 2. The molecule has 0 heterocycles. The number of rotatable bonds is 6. The number of hydrogen-bond acceptors (Lipinski definition) is 1. The van der Waals surface area contributed by atoms with Crippen LogP contribution in [0.3, 0.4) is 0 Å². The summed E-state index contributed by atoms with van der Waals surface area (Å²) >= 11 is 3.08. The van der Waals surface area contributed by atoms with Crippen LogP contribution in [0.25, 0.3) is 0 Å². The second-order valence-corrected chi connectivity index (χ2v) is 5.98. The van der Waals surface area contributed by atoms with Crippen LogP contribution in [0.5, 0.6) is 0 Å². The van der Waals surface area contributed by atoms with Gasteiger partial charge in [0.25, 0.3) is 0 Å². The van der Waals surface area contributed by atoms with Crippen molar-refractivity contribution in [2.75, 3.05) is 0 Å². The summed E-state index contributed by atoms with van der Waals surface area (Å²) in [7, 11) is 0. The van der Waals surface area contributed by atoms with E-state index in [0.29, 0.717) is 0 Å². The van der Waals surface area contributed by atoms with E-state index in [1.807, 2.05) is 25.1 Å². The Morgan fingerprint density at radius 2 is 1.81 bits per heavy atom. The van der Waals surface area contributed by atoms with Crippen molar-refractivity contribution in [2.24, 2.45) is 0 Å². The van der Waals surface area contributed by atoms with E-state index >= 15 is 0 Å². The SMILES string of the molecule is CC(CCc1ccccc1)NCc1c(F)ccc(Br)c1F. The van der Waals surface area contributed by atoms with Gasteiger partial charge in [-0.3, -0.25) is 0 Å². The van der Waals surface area contributed by atoms with Gasteiger partial charge in [0.1, 0.15) is 11.6 Å². The van der Waals surface area contributed by atoms with Gasteiger partial charge in [-0.1, -0.05) is 30.3 Å². The first-order valence-electron chi connectivity index (χ1n) is 6.97. The van der Waals surface area contributed by atoms with Crippen LogP contribution in [0.2, 0.25) is 0 Å². The molecule has 0 amide bonds. The molecule has 1 N–H and O–H groups in total. The summed E-state index contributed by atoms with van der Waals surface area (Å²) < 4.78 is 27.8. The minimum atomic E-state index is -0.530. The summed E-state index contributed by atoms with van der Waals surface area (Å²) in [5.41, 5.74) is 1.35. The minimum Gasteiger partial charge on any atom is -0.310 e. The summed E-state index contributed by atoms with van der Waals surface area (Å²) in [6.07, 6.45) is 1.86. The Kier molecular flexibility index (Phi) is 5.88. The number of hydrogen-bond donors (Lipinski definition) is 1. The second kappa shape index (κ2) is 7.66. The first-order valence-corrected chi connectivity index (χ1v) is 7.77. The molecule has 0 radical (unpaired) electrons. The van der Waals surface area contributed by atoms with Crippen molar-refractivity contribution in [3.05, 3.63) is 69.7 Å². The number of nitrogens with one attached hydrogen (secondary N) is 1. The fourth-order valence-electron chi connectivity index (χ4n) is 2.14. The smallest absolute Gasteiger partial charge is 0.144 e. The van der Waals surface area contributed by atoms with Gasteiger partial charge in [0.15, 0.2) is 0 Å². The molecule has 0 fully saturated rings. The van der Waals surface area contributed by atoms with E-state index in [0.717, 1.165) is 12.8 Å². The lowest BCUT2D eigenvalue weighted by Gasteiger charge is -2.15. The minimum absolute atomic E-state index is 0.0796. The molecular formula is C17H18BrF2N. The van der Waals surface area contributed by atoms with Gasteiger partial charge in [0.05, 0.1) is 4.47 Å². The Labute approximate surface area is 132 Å².